The molecule has 0 atom stereocenters. The summed E-state index contributed by atoms with van der Waals surface area (Å²) in [5.74, 6) is -0.665. The Balaban J connectivity index is 1.74. The van der Waals surface area contributed by atoms with Crippen LogP contribution in [0.3, 0.4) is 0 Å². The monoisotopic (exact) mass is 372 g/mol. The van der Waals surface area contributed by atoms with Gasteiger partial charge >= 0.3 is 0 Å². The Labute approximate surface area is 141 Å². The molecule has 2 aromatic rings. The van der Waals surface area contributed by atoms with Crippen LogP contribution in [0, 0.1) is 0 Å². The molecule has 1 saturated heterocycles. The summed E-state index contributed by atoms with van der Waals surface area (Å²) in [6.45, 7) is 0. The summed E-state index contributed by atoms with van der Waals surface area (Å²) in [5.41, 5.74) is 1.64. The van der Waals surface area contributed by atoms with Crippen molar-refractivity contribution >= 4 is 45.0 Å². The Morgan fingerprint density at radius 2 is 1.48 bits per heavy atom. The molecular formula is C17H13BrN2O3. The minimum Gasteiger partial charge on any atom is -0.322 e. The second-order valence-electron chi connectivity index (χ2n) is 5.13. The predicted octanol–water partition coefficient (Wildman–Crippen LogP) is 3.35. The maximum atomic E-state index is 12.2. The molecule has 5 nitrogen and oxygen atoms in total. The highest BCUT2D eigenvalue weighted by Gasteiger charge is 2.30. The fraction of sp³-hybridized carbons (Fsp3) is 0.118. The average Bonchev–Trinajstić information content (AvgIpc) is 2.88. The van der Waals surface area contributed by atoms with Crippen LogP contribution in [-0.2, 0) is 9.59 Å². The molecule has 23 heavy (non-hydrogen) atoms. The Kier molecular flexibility index (Phi) is 4.25. The SMILES string of the molecule is O=C(Nc1ccc(Br)cc1)c1ccc(N2C(=O)CCC2=O)cc1. The van der Waals surface area contributed by atoms with E-state index in [2.05, 4.69) is 21.2 Å². The Morgan fingerprint density at radius 3 is 2.04 bits per heavy atom. The molecule has 0 saturated carbocycles. The van der Waals surface area contributed by atoms with Gasteiger partial charge in [0.1, 0.15) is 0 Å². The topological polar surface area (TPSA) is 66.5 Å². The molecule has 3 amide bonds. The fourth-order valence-electron chi connectivity index (χ4n) is 2.36. The van der Waals surface area contributed by atoms with Gasteiger partial charge in [-0.25, -0.2) is 0 Å². The number of nitrogens with zero attached hydrogens (tertiary/aromatic N) is 1. The zero-order valence-electron chi connectivity index (χ0n) is 12.1. The van der Waals surface area contributed by atoms with Crippen molar-refractivity contribution in [3.63, 3.8) is 0 Å². The van der Waals surface area contributed by atoms with Crippen LogP contribution in [0.4, 0.5) is 11.4 Å². The van der Waals surface area contributed by atoms with Crippen LogP contribution in [0.25, 0.3) is 0 Å². The molecule has 1 aliphatic rings. The summed E-state index contributed by atoms with van der Waals surface area (Å²) in [7, 11) is 0. The van der Waals surface area contributed by atoms with E-state index < -0.39 is 0 Å². The smallest absolute Gasteiger partial charge is 0.255 e. The van der Waals surface area contributed by atoms with Crippen LogP contribution in [0.15, 0.2) is 53.0 Å². The summed E-state index contributed by atoms with van der Waals surface area (Å²) in [6, 6.07) is 13.7. The third-order valence-electron chi connectivity index (χ3n) is 3.54. The summed E-state index contributed by atoms with van der Waals surface area (Å²) in [4.78, 5) is 36.7. The highest BCUT2D eigenvalue weighted by atomic mass is 79.9. The first-order valence-electron chi connectivity index (χ1n) is 7.07. The molecule has 0 spiro atoms. The summed E-state index contributed by atoms with van der Waals surface area (Å²) < 4.78 is 0.930. The molecule has 6 heteroatoms. The standard InChI is InChI=1S/C17H13BrN2O3/c18-12-3-5-13(6-4-12)19-17(23)11-1-7-14(8-2-11)20-15(21)9-10-16(20)22/h1-8H,9-10H2,(H,19,23). The van der Waals surface area contributed by atoms with E-state index in [0.717, 1.165) is 9.37 Å². The number of hydrogen-bond donors (Lipinski definition) is 1. The Hall–Kier alpha value is -2.47. The van der Waals surface area contributed by atoms with Crippen molar-refractivity contribution < 1.29 is 14.4 Å². The van der Waals surface area contributed by atoms with Gasteiger partial charge in [0.2, 0.25) is 11.8 Å². The van der Waals surface area contributed by atoms with E-state index in [4.69, 9.17) is 0 Å². The lowest BCUT2D eigenvalue weighted by atomic mass is 10.1. The predicted molar refractivity (Wildman–Crippen MR) is 90.3 cm³/mol. The van der Waals surface area contributed by atoms with Gasteiger partial charge in [-0.2, -0.15) is 0 Å². The maximum Gasteiger partial charge on any atom is 0.255 e. The van der Waals surface area contributed by atoms with E-state index in [9.17, 15) is 14.4 Å². The number of carbonyl (C=O) groups excluding carboxylic acids is 3. The van der Waals surface area contributed by atoms with Crippen molar-refractivity contribution in [1.29, 1.82) is 0 Å². The maximum absolute atomic E-state index is 12.2. The number of benzene rings is 2. The van der Waals surface area contributed by atoms with Gasteiger partial charge < -0.3 is 5.32 Å². The van der Waals surface area contributed by atoms with E-state index in [1.165, 1.54) is 0 Å². The number of halogens is 1. The van der Waals surface area contributed by atoms with Crippen molar-refractivity contribution in [2.75, 3.05) is 10.2 Å². The van der Waals surface area contributed by atoms with E-state index >= 15 is 0 Å². The van der Waals surface area contributed by atoms with Crippen LogP contribution in [0.2, 0.25) is 0 Å². The number of nitrogens with one attached hydrogen (secondary N) is 1. The highest BCUT2D eigenvalue weighted by molar-refractivity contribution is 9.10. The van der Waals surface area contributed by atoms with Gasteiger partial charge in [0, 0.05) is 28.6 Å². The van der Waals surface area contributed by atoms with E-state index in [1.54, 1.807) is 36.4 Å². The van der Waals surface area contributed by atoms with E-state index in [0.29, 0.717) is 16.9 Å². The minimum absolute atomic E-state index is 0.206. The molecule has 116 valence electrons. The van der Waals surface area contributed by atoms with Crippen LogP contribution >= 0.6 is 15.9 Å². The summed E-state index contributed by atoms with van der Waals surface area (Å²) >= 11 is 3.33. The first-order valence-corrected chi connectivity index (χ1v) is 7.87. The molecule has 1 N–H and O–H groups in total. The van der Waals surface area contributed by atoms with E-state index in [1.807, 2.05) is 12.1 Å². The van der Waals surface area contributed by atoms with Gasteiger partial charge in [0.25, 0.3) is 5.91 Å². The molecule has 0 radical (unpaired) electrons. The number of amides is 3. The zero-order chi connectivity index (χ0) is 16.4. The number of imide groups is 1. The normalized spacial score (nSPS) is 14.2. The minimum atomic E-state index is -0.252. The van der Waals surface area contributed by atoms with Gasteiger partial charge in [-0.3, -0.25) is 19.3 Å². The summed E-state index contributed by atoms with van der Waals surface area (Å²) in [6.07, 6.45) is 0.481. The molecular weight excluding hydrogens is 360 g/mol. The first-order chi connectivity index (χ1) is 11.0. The third kappa shape index (κ3) is 3.32. The fourth-order valence-corrected chi connectivity index (χ4v) is 2.63. The number of anilines is 2. The molecule has 0 aliphatic carbocycles. The van der Waals surface area contributed by atoms with Gasteiger partial charge in [-0.05, 0) is 48.5 Å². The average molecular weight is 373 g/mol. The molecule has 0 aromatic heterocycles. The van der Waals surface area contributed by atoms with Gasteiger partial charge in [-0.15, -0.1) is 0 Å². The molecule has 1 fully saturated rings. The lowest BCUT2D eigenvalue weighted by Gasteiger charge is -2.14. The second kappa shape index (κ2) is 6.34. The number of carbonyl (C=O) groups is 3. The Bertz CT molecular complexity index is 753. The number of rotatable bonds is 3. The lowest BCUT2D eigenvalue weighted by molar-refractivity contribution is -0.121. The Morgan fingerprint density at radius 1 is 0.913 bits per heavy atom. The molecule has 1 aliphatic heterocycles. The van der Waals surface area contributed by atoms with Crippen LogP contribution in [0.5, 0.6) is 0 Å². The van der Waals surface area contributed by atoms with Crippen molar-refractivity contribution in [3.8, 4) is 0 Å². The molecule has 1 heterocycles. The molecule has 3 rings (SSSR count). The van der Waals surface area contributed by atoms with E-state index in [-0.39, 0.29) is 30.6 Å². The van der Waals surface area contributed by atoms with Crippen LogP contribution in [0.1, 0.15) is 23.2 Å². The lowest BCUT2D eigenvalue weighted by Crippen LogP contribution is -2.28. The largest absolute Gasteiger partial charge is 0.322 e. The highest BCUT2D eigenvalue weighted by Crippen LogP contribution is 2.23. The second-order valence-corrected chi connectivity index (χ2v) is 6.05. The van der Waals surface area contributed by atoms with Crippen molar-refractivity contribution in [2.24, 2.45) is 0 Å². The number of hydrogen-bond acceptors (Lipinski definition) is 3. The van der Waals surface area contributed by atoms with Crippen molar-refractivity contribution in [2.45, 2.75) is 12.8 Å². The molecule has 0 unspecified atom stereocenters. The third-order valence-corrected chi connectivity index (χ3v) is 4.07. The van der Waals surface area contributed by atoms with Gasteiger partial charge in [0.05, 0.1) is 5.69 Å². The molecule has 2 aromatic carbocycles. The summed E-state index contributed by atoms with van der Waals surface area (Å²) in [5, 5.41) is 2.78. The van der Waals surface area contributed by atoms with Gasteiger partial charge in [0.15, 0.2) is 0 Å². The van der Waals surface area contributed by atoms with Crippen LogP contribution < -0.4 is 10.2 Å². The zero-order valence-corrected chi connectivity index (χ0v) is 13.7. The van der Waals surface area contributed by atoms with Gasteiger partial charge in [-0.1, -0.05) is 15.9 Å². The molecule has 0 bridgehead atoms. The van der Waals surface area contributed by atoms with Crippen molar-refractivity contribution in [1.82, 2.24) is 0 Å². The first kappa shape index (κ1) is 15.4. The quantitative estimate of drug-likeness (QED) is 0.840. The van der Waals surface area contributed by atoms with Crippen molar-refractivity contribution in [3.05, 3.63) is 58.6 Å². The van der Waals surface area contributed by atoms with Crippen LogP contribution in [-0.4, -0.2) is 17.7 Å².